The second-order valence-corrected chi connectivity index (χ2v) is 6.30. The van der Waals surface area contributed by atoms with Crippen LogP contribution in [0.4, 0.5) is 0 Å². The van der Waals surface area contributed by atoms with E-state index in [1.54, 1.807) is 0 Å². The Morgan fingerprint density at radius 3 is 2.90 bits per heavy atom. The van der Waals surface area contributed by atoms with Crippen molar-refractivity contribution in [1.82, 2.24) is 20.4 Å². The number of halogens is 1. The zero-order chi connectivity index (χ0) is 14.9. The van der Waals surface area contributed by atoms with Crippen molar-refractivity contribution in [2.24, 2.45) is 0 Å². The average molecular weight is 307 g/mol. The van der Waals surface area contributed by atoms with E-state index in [0.717, 1.165) is 25.2 Å². The van der Waals surface area contributed by atoms with Crippen LogP contribution in [-0.2, 0) is 6.54 Å². The van der Waals surface area contributed by atoms with Crippen LogP contribution in [0.1, 0.15) is 19.7 Å². The minimum absolute atomic E-state index is 0.0806. The van der Waals surface area contributed by atoms with Gasteiger partial charge < -0.3 is 9.73 Å². The first-order chi connectivity index (χ1) is 10.1. The minimum Gasteiger partial charge on any atom is -0.419 e. The van der Waals surface area contributed by atoms with E-state index in [4.69, 9.17) is 16.0 Å². The van der Waals surface area contributed by atoms with Crippen molar-refractivity contribution in [3.63, 3.8) is 0 Å². The molecule has 2 aromatic rings. The van der Waals surface area contributed by atoms with Crippen LogP contribution in [0.2, 0.25) is 5.02 Å². The molecule has 21 heavy (non-hydrogen) atoms. The summed E-state index contributed by atoms with van der Waals surface area (Å²) in [6, 6.07) is 7.49. The predicted molar refractivity (Wildman–Crippen MR) is 82.1 cm³/mol. The summed E-state index contributed by atoms with van der Waals surface area (Å²) in [6.45, 7) is 7.99. The Hall–Kier alpha value is -1.43. The van der Waals surface area contributed by atoms with Crippen LogP contribution in [0, 0.1) is 0 Å². The maximum atomic E-state index is 6.16. The maximum Gasteiger partial charge on any atom is 0.249 e. The van der Waals surface area contributed by atoms with Crippen LogP contribution in [-0.4, -0.2) is 40.3 Å². The summed E-state index contributed by atoms with van der Waals surface area (Å²) in [6.07, 6.45) is 0. The van der Waals surface area contributed by atoms with E-state index in [1.165, 1.54) is 0 Å². The van der Waals surface area contributed by atoms with Gasteiger partial charge in [0.1, 0.15) is 0 Å². The molecule has 0 amide bonds. The number of hydrogen-bond donors (Lipinski definition) is 1. The number of piperazine rings is 1. The number of rotatable bonds is 3. The third-order valence-corrected chi connectivity index (χ3v) is 4.20. The normalized spacial score (nSPS) is 18.8. The van der Waals surface area contributed by atoms with Gasteiger partial charge in [0.25, 0.3) is 0 Å². The highest BCUT2D eigenvalue weighted by Crippen LogP contribution is 2.27. The summed E-state index contributed by atoms with van der Waals surface area (Å²) >= 11 is 6.16. The van der Waals surface area contributed by atoms with Gasteiger partial charge >= 0.3 is 0 Å². The van der Waals surface area contributed by atoms with Gasteiger partial charge in [-0.1, -0.05) is 23.7 Å². The number of benzene rings is 1. The van der Waals surface area contributed by atoms with E-state index < -0.39 is 0 Å². The van der Waals surface area contributed by atoms with E-state index in [2.05, 4.69) is 34.3 Å². The van der Waals surface area contributed by atoms with Gasteiger partial charge in [-0.05, 0) is 26.0 Å². The summed E-state index contributed by atoms with van der Waals surface area (Å²) < 4.78 is 5.78. The van der Waals surface area contributed by atoms with E-state index in [0.29, 0.717) is 23.3 Å². The lowest BCUT2D eigenvalue weighted by Gasteiger charge is -2.42. The molecule has 0 aliphatic carbocycles. The zero-order valence-electron chi connectivity index (χ0n) is 12.3. The Labute approximate surface area is 129 Å². The standard InChI is InChI=1S/C15H19ClN4O/c1-15(2)10-17-7-8-20(15)9-13-18-19-14(21-13)11-5-3-4-6-12(11)16/h3-6,17H,7-10H2,1-2H3. The van der Waals surface area contributed by atoms with Crippen molar-refractivity contribution in [2.45, 2.75) is 25.9 Å². The van der Waals surface area contributed by atoms with Gasteiger partial charge in [-0.15, -0.1) is 10.2 Å². The van der Waals surface area contributed by atoms with E-state index in [9.17, 15) is 0 Å². The summed E-state index contributed by atoms with van der Waals surface area (Å²) in [5.41, 5.74) is 0.856. The third kappa shape index (κ3) is 3.10. The van der Waals surface area contributed by atoms with Gasteiger partial charge in [-0.2, -0.15) is 0 Å². The molecule has 1 N–H and O–H groups in total. The number of aromatic nitrogens is 2. The lowest BCUT2D eigenvalue weighted by atomic mass is 10.0. The van der Waals surface area contributed by atoms with E-state index in [1.807, 2.05) is 24.3 Å². The lowest BCUT2D eigenvalue weighted by Crippen LogP contribution is -2.57. The van der Waals surface area contributed by atoms with Crippen LogP contribution < -0.4 is 5.32 Å². The molecule has 1 saturated heterocycles. The summed E-state index contributed by atoms with van der Waals surface area (Å²) in [7, 11) is 0. The largest absolute Gasteiger partial charge is 0.419 e. The fourth-order valence-electron chi connectivity index (χ4n) is 2.54. The second-order valence-electron chi connectivity index (χ2n) is 5.89. The highest BCUT2D eigenvalue weighted by atomic mass is 35.5. The smallest absolute Gasteiger partial charge is 0.249 e. The lowest BCUT2D eigenvalue weighted by molar-refractivity contribution is 0.0737. The minimum atomic E-state index is 0.0806. The predicted octanol–water partition coefficient (Wildman–Crippen LogP) is 2.57. The third-order valence-electron chi connectivity index (χ3n) is 3.87. The van der Waals surface area contributed by atoms with Crippen molar-refractivity contribution in [1.29, 1.82) is 0 Å². The SMILES string of the molecule is CC1(C)CNCCN1Cc1nnc(-c2ccccc2Cl)o1. The molecule has 0 unspecified atom stereocenters. The monoisotopic (exact) mass is 306 g/mol. The highest BCUT2D eigenvalue weighted by Gasteiger charge is 2.30. The number of nitrogens with zero attached hydrogens (tertiary/aromatic N) is 3. The van der Waals surface area contributed by atoms with Crippen molar-refractivity contribution in [3.8, 4) is 11.5 Å². The first-order valence-corrected chi connectivity index (χ1v) is 7.47. The molecule has 1 aliphatic rings. The van der Waals surface area contributed by atoms with Crippen molar-refractivity contribution in [3.05, 3.63) is 35.2 Å². The molecule has 0 atom stereocenters. The molecule has 0 bridgehead atoms. The maximum absolute atomic E-state index is 6.16. The Kier molecular flexibility index (Phi) is 3.97. The molecule has 1 fully saturated rings. The van der Waals surface area contributed by atoms with Gasteiger partial charge in [0.05, 0.1) is 17.1 Å². The molecule has 112 valence electrons. The summed E-state index contributed by atoms with van der Waals surface area (Å²) in [5, 5.41) is 12.3. The van der Waals surface area contributed by atoms with E-state index >= 15 is 0 Å². The number of nitrogens with one attached hydrogen (secondary N) is 1. The molecule has 0 radical (unpaired) electrons. The van der Waals surface area contributed by atoms with Gasteiger partial charge in [0.15, 0.2) is 0 Å². The van der Waals surface area contributed by atoms with E-state index in [-0.39, 0.29) is 5.54 Å². The fraction of sp³-hybridized carbons (Fsp3) is 0.467. The summed E-state index contributed by atoms with van der Waals surface area (Å²) in [4.78, 5) is 2.35. The zero-order valence-corrected chi connectivity index (χ0v) is 13.0. The Bertz CT molecular complexity index is 626. The van der Waals surface area contributed by atoms with Gasteiger partial charge in [-0.25, -0.2) is 0 Å². The molecule has 2 heterocycles. The molecular weight excluding hydrogens is 288 g/mol. The second kappa shape index (κ2) is 5.75. The van der Waals surface area contributed by atoms with Crippen LogP contribution in [0.3, 0.4) is 0 Å². The molecule has 6 heteroatoms. The van der Waals surface area contributed by atoms with Crippen LogP contribution in [0.5, 0.6) is 0 Å². The van der Waals surface area contributed by atoms with Gasteiger partial charge in [0.2, 0.25) is 11.8 Å². The molecule has 1 aliphatic heterocycles. The van der Waals surface area contributed by atoms with Crippen molar-refractivity contribution in [2.75, 3.05) is 19.6 Å². The molecular formula is C15H19ClN4O. The van der Waals surface area contributed by atoms with Crippen LogP contribution >= 0.6 is 11.6 Å². The first-order valence-electron chi connectivity index (χ1n) is 7.09. The van der Waals surface area contributed by atoms with Crippen molar-refractivity contribution < 1.29 is 4.42 Å². The summed E-state index contributed by atoms with van der Waals surface area (Å²) in [5.74, 6) is 1.10. The molecule has 0 spiro atoms. The Balaban J connectivity index is 1.78. The molecule has 1 aromatic carbocycles. The molecule has 3 rings (SSSR count). The fourth-order valence-corrected chi connectivity index (χ4v) is 2.76. The Morgan fingerprint density at radius 2 is 2.14 bits per heavy atom. The first kappa shape index (κ1) is 14.5. The molecule has 1 aromatic heterocycles. The average Bonchev–Trinajstić information content (AvgIpc) is 2.90. The van der Waals surface area contributed by atoms with Crippen LogP contribution in [0.25, 0.3) is 11.5 Å². The highest BCUT2D eigenvalue weighted by molar-refractivity contribution is 6.33. The molecule has 0 saturated carbocycles. The van der Waals surface area contributed by atoms with Crippen LogP contribution in [0.15, 0.2) is 28.7 Å². The molecule has 5 nitrogen and oxygen atoms in total. The number of hydrogen-bond acceptors (Lipinski definition) is 5. The topological polar surface area (TPSA) is 54.2 Å². The quantitative estimate of drug-likeness (QED) is 0.944. The van der Waals surface area contributed by atoms with Gasteiger partial charge in [0, 0.05) is 25.2 Å². The van der Waals surface area contributed by atoms with Crippen molar-refractivity contribution >= 4 is 11.6 Å². The van der Waals surface area contributed by atoms with Gasteiger partial charge in [-0.3, -0.25) is 4.90 Å². The Morgan fingerprint density at radius 1 is 1.33 bits per heavy atom.